The van der Waals surface area contributed by atoms with Gasteiger partial charge in [-0.3, -0.25) is 9.88 Å². The number of phenols is 1. The Morgan fingerprint density at radius 2 is 2.10 bits per heavy atom. The Morgan fingerprint density at radius 3 is 2.97 bits per heavy atom. The van der Waals surface area contributed by atoms with Crippen molar-refractivity contribution in [3.8, 4) is 11.5 Å². The van der Waals surface area contributed by atoms with Crippen molar-refractivity contribution in [3.63, 3.8) is 0 Å². The largest absolute Gasteiger partial charge is 0.504 e. The van der Waals surface area contributed by atoms with Crippen molar-refractivity contribution >= 4 is 11.2 Å². The van der Waals surface area contributed by atoms with Gasteiger partial charge in [0.25, 0.3) is 0 Å². The maximum Gasteiger partial charge on any atom is 0.166 e. The number of hydrogen-bond donors (Lipinski definition) is 3. The highest BCUT2D eigenvalue weighted by Crippen LogP contribution is 2.68. The molecule has 8 rings (SSSR count). The number of hydrogen-bond acceptors (Lipinski definition) is 6. The Morgan fingerprint density at radius 1 is 1.23 bits per heavy atom. The fourth-order valence-electron chi connectivity index (χ4n) is 7.32. The second kappa shape index (κ2) is 5.22. The van der Waals surface area contributed by atoms with E-state index in [1.165, 1.54) is 18.4 Å². The van der Waals surface area contributed by atoms with Crippen molar-refractivity contribution in [1.29, 1.82) is 0 Å². The Kier molecular flexibility index (Phi) is 2.86. The van der Waals surface area contributed by atoms with Crippen LogP contribution in [0.1, 0.15) is 47.8 Å². The van der Waals surface area contributed by atoms with Crippen molar-refractivity contribution in [2.45, 2.75) is 55.3 Å². The molecule has 3 N–H and O–H groups in total. The molecule has 1 spiro atoms. The first kappa shape index (κ1) is 17.0. The smallest absolute Gasteiger partial charge is 0.166 e. The molecule has 2 aliphatic heterocycles. The average Bonchev–Trinajstić information content (AvgIpc) is 3.40. The Labute approximate surface area is 179 Å². The Bertz CT molecular complexity index is 1280. The Hall–Kier alpha value is -2.64. The lowest BCUT2D eigenvalue weighted by Gasteiger charge is -2.62. The normalized spacial score (nSPS) is 35.0. The minimum Gasteiger partial charge on any atom is -0.504 e. The van der Waals surface area contributed by atoms with Crippen molar-refractivity contribution in [3.05, 3.63) is 46.9 Å². The third-order valence-corrected chi connectivity index (χ3v) is 8.78. The summed E-state index contributed by atoms with van der Waals surface area (Å²) in [6.45, 7) is 2.01. The van der Waals surface area contributed by atoms with Gasteiger partial charge in [-0.05, 0) is 49.8 Å². The standard InChI is InChI=1S/C24H24N4O3/c29-15-4-3-13-9-16-24(30)10-14-18(27-22-19(14)25-6-7-26-22)21-23(24,17(13)20(15)31-21)5-8-28(16)11-12-1-2-12/h3-4,6-7,12,16,21,29-30H,1-2,5,8-11H2,(H,26,27)/t16?,21?,23-,24+/m0/s1. The predicted octanol–water partition coefficient (Wildman–Crippen LogP) is 2.36. The second-order valence-electron chi connectivity index (χ2n) is 10.2. The molecule has 1 saturated carbocycles. The fraction of sp³-hybridized carbons (Fsp3) is 0.500. The van der Waals surface area contributed by atoms with Crippen LogP contribution in [0.25, 0.3) is 11.2 Å². The molecule has 7 nitrogen and oxygen atoms in total. The fourth-order valence-corrected chi connectivity index (χ4v) is 7.32. The molecule has 4 atom stereocenters. The molecule has 1 aromatic carbocycles. The van der Waals surface area contributed by atoms with E-state index in [2.05, 4.69) is 19.9 Å². The SMILES string of the molecule is Oc1ccc2c3c1OC1c4[nH]c5nccnc5c4C[C@@]4(O)C(C2)N(CC2CC2)CC[C@]314. The zero-order valence-electron chi connectivity index (χ0n) is 17.1. The van der Waals surface area contributed by atoms with E-state index < -0.39 is 11.0 Å². The molecule has 31 heavy (non-hydrogen) atoms. The molecule has 0 radical (unpaired) electrons. The highest BCUT2D eigenvalue weighted by atomic mass is 16.5. The molecular weight excluding hydrogens is 392 g/mol. The summed E-state index contributed by atoms with van der Waals surface area (Å²) in [5.41, 5.74) is 4.24. The summed E-state index contributed by atoms with van der Waals surface area (Å²) in [5, 5.41) is 23.4. The molecule has 7 heteroatoms. The number of phenolic OH excluding ortho intramolecular Hbond substituents is 1. The first-order valence-corrected chi connectivity index (χ1v) is 11.4. The van der Waals surface area contributed by atoms with Gasteiger partial charge in [-0.15, -0.1) is 0 Å². The van der Waals surface area contributed by atoms with Crippen LogP contribution in [0.5, 0.6) is 11.5 Å². The minimum absolute atomic E-state index is 0.0331. The first-order valence-electron chi connectivity index (χ1n) is 11.4. The summed E-state index contributed by atoms with van der Waals surface area (Å²) in [5.74, 6) is 1.49. The summed E-state index contributed by atoms with van der Waals surface area (Å²) in [4.78, 5) is 15.1. The van der Waals surface area contributed by atoms with E-state index in [4.69, 9.17) is 4.74 Å². The van der Waals surface area contributed by atoms with Gasteiger partial charge in [-0.2, -0.15) is 0 Å². The molecule has 2 fully saturated rings. The third-order valence-electron chi connectivity index (χ3n) is 8.78. The molecule has 0 amide bonds. The molecule has 2 bridgehead atoms. The molecule has 4 heterocycles. The van der Waals surface area contributed by atoms with Gasteiger partial charge in [-0.25, -0.2) is 4.98 Å². The van der Waals surface area contributed by atoms with E-state index >= 15 is 0 Å². The number of benzene rings is 1. The van der Waals surface area contributed by atoms with Crippen LogP contribution in [0.15, 0.2) is 24.5 Å². The van der Waals surface area contributed by atoms with Crippen LogP contribution in [-0.4, -0.2) is 54.8 Å². The maximum atomic E-state index is 12.7. The third kappa shape index (κ3) is 1.82. The number of aromatic nitrogens is 3. The monoisotopic (exact) mass is 416 g/mol. The topological polar surface area (TPSA) is 94.5 Å². The molecule has 5 aliphatic rings. The molecule has 3 aliphatic carbocycles. The number of fused-ring (bicyclic) bond motifs is 4. The van der Waals surface area contributed by atoms with E-state index in [1.807, 2.05) is 6.07 Å². The molecular formula is C24H24N4O3. The summed E-state index contributed by atoms with van der Waals surface area (Å²) in [6.07, 6.45) is 7.76. The number of aromatic amines is 1. The highest BCUT2D eigenvalue weighted by molar-refractivity contribution is 5.79. The van der Waals surface area contributed by atoms with Crippen LogP contribution in [0, 0.1) is 5.92 Å². The lowest BCUT2D eigenvalue weighted by Crippen LogP contribution is -2.74. The number of aromatic hydroxyl groups is 1. The zero-order chi connectivity index (χ0) is 20.5. The van der Waals surface area contributed by atoms with Gasteiger partial charge in [0.15, 0.2) is 23.3 Å². The van der Waals surface area contributed by atoms with Gasteiger partial charge >= 0.3 is 0 Å². The van der Waals surface area contributed by atoms with E-state index in [0.29, 0.717) is 12.2 Å². The van der Waals surface area contributed by atoms with Crippen LogP contribution >= 0.6 is 0 Å². The number of H-pyrrole nitrogens is 1. The molecule has 3 aromatic rings. The highest BCUT2D eigenvalue weighted by Gasteiger charge is 2.73. The number of rotatable bonds is 2. The molecule has 1 saturated heterocycles. The van der Waals surface area contributed by atoms with Gasteiger partial charge in [0.2, 0.25) is 0 Å². The number of nitrogens with one attached hydrogen (secondary N) is 1. The summed E-state index contributed by atoms with van der Waals surface area (Å²) in [6, 6.07) is 3.83. The van der Waals surface area contributed by atoms with Crippen molar-refractivity contribution in [2.75, 3.05) is 13.1 Å². The summed E-state index contributed by atoms with van der Waals surface area (Å²) in [7, 11) is 0. The zero-order valence-corrected chi connectivity index (χ0v) is 17.1. The van der Waals surface area contributed by atoms with Crippen molar-refractivity contribution in [1.82, 2.24) is 19.9 Å². The van der Waals surface area contributed by atoms with E-state index in [-0.39, 0.29) is 17.9 Å². The quantitative estimate of drug-likeness (QED) is 0.594. The van der Waals surface area contributed by atoms with Crippen LogP contribution in [-0.2, 0) is 18.3 Å². The number of nitrogens with zero attached hydrogens (tertiary/aromatic N) is 3. The number of aliphatic hydroxyl groups is 1. The van der Waals surface area contributed by atoms with Gasteiger partial charge < -0.3 is 19.9 Å². The van der Waals surface area contributed by atoms with Crippen LogP contribution in [0.2, 0.25) is 0 Å². The number of piperidine rings is 1. The maximum absolute atomic E-state index is 12.7. The van der Waals surface area contributed by atoms with E-state index in [9.17, 15) is 10.2 Å². The minimum atomic E-state index is -0.976. The lowest BCUT2D eigenvalue weighted by atomic mass is 9.49. The van der Waals surface area contributed by atoms with Gasteiger partial charge in [0, 0.05) is 42.5 Å². The molecule has 158 valence electrons. The molecule has 2 aromatic heterocycles. The Balaban J connectivity index is 1.43. The first-order chi connectivity index (χ1) is 15.1. The molecule has 2 unspecified atom stereocenters. The van der Waals surface area contributed by atoms with Crippen LogP contribution < -0.4 is 4.74 Å². The summed E-state index contributed by atoms with van der Waals surface area (Å²) >= 11 is 0. The number of likely N-dealkylation sites (tertiary alicyclic amines) is 1. The van der Waals surface area contributed by atoms with Gasteiger partial charge in [0.1, 0.15) is 5.52 Å². The van der Waals surface area contributed by atoms with Crippen LogP contribution in [0.3, 0.4) is 0 Å². The van der Waals surface area contributed by atoms with Crippen molar-refractivity contribution in [2.24, 2.45) is 5.92 Å². The number of ether oxygens (including phenoxy) is 1. The van der Waals surface area contributed by atoms with Crippen LogP contribution in [0.4, 0.5) is 0 Å². The lowest BCUT2D eigenvalue weighted by molar-refractivity contribution is -0.173. The summed E-state index contributed by atoms with van der Waals surface area (Å²) < 4.78 is 6.54. The predicted molar refractivity (Wildman–Crippen MR) is 112 cm³/mol. The van der Waals surface area contributed by atoms with Crippen molar-refractivity contribution < 1.29 is 14.9 Å². The van der Waals surface area contributed by atoms with E-state index in [0.717, 1.165) is 59.8 Å². The van der Waals surface area contributed by atoms with Gasteiger partial charge in [-0.1, -0.05) is 6.07 Å². The second-order valence-corrected chi connectivity index (χ2v) is 10.2. The van der Waals surface area contributed by atoms with E-state index in [1.54, 1.807) is 18.5 Å². The van der Waals surface area contributed by atoms with Gasteiger partial charge in [0.05, 0.1) is 16.7 Å². The average molecular weight is 416 g/mol.